The average Bonchev–Trinajstić information content (AvgIpc) is 2.44. The molecule has 19 heavy (non-hydrogen) atoms. The maximum Gasteiger partial charge on any atom is 0.201 e. The van der Waals surface area contributed by atoms with Crippen molar-refractivity contribution in [1.82, 2.24) is 0 Å². The van der Waals surface area contributed by atoms with Crippen molar-refractivity contribution < 1.29 is 13.5 Å². The van der Waals surface area contributed by atoms with E-state index in [0.29, 0.717) is 17.3 Å². The van der Waals surface area contributed by atoms with Gasteiger partial charge in [0.1, 0.15) is 0 Å². The van der Waals surface area contributed by atoms with Gasteiger partial charge in [-0.05, 0) is 24.6 Å². The molecule has 4 heteroatoms. The van der Waals surface area contributed by atoms with Crippen molar-refractivity contribution in [3.05, 3.63) is 59.7 Å². The first-order chi connectivity index (χ1) is 9.22. The van der Waals surface area contributed by atoms with Crippen molar-refractivity contribution in [1.29, 1.82) is 0 Å². The van der Waals surface area contributed by atoms with Crippen molar-refractivity contribution >= 4 is 11.8 Å². The molecule has 0 aliphatic carbocycles. The van der Waals surface area contributed by atoms with E-state index < -0.39 is 11.6 Å². The van der Waals surface area contributed by atoms with E-state index in [-0.39, 0.29) is 5.75 Å². The third-order valence-electron chi connectivity index (χ3n) is 2.55. The van der Waals surface area contributed by atoms with E-state index in [1.54, 1.807) is 13.0 Å². The zero-order chi connectivity index (χ0) is 13.7. The Bertz CT molecular complexity index is 543. The summed E-state index contributed by atoms with van der Waals surface area (Å²) in [5.41, 5.74) is 1.07. The monoisotopic (exact) mass is 280 g/mol. The minimum absolute atomic E-state index is 0.0379. The minimum atomic E-state index is -0.917. The lowest BCUT2D eigenvalue weighted by Gasteiger charge is -2.08. The molecular weight excluding hydrogens is 266 g/mol. The van der Waals surface area contributed by atoms with Crippen LogP contribution in [0.4, 0.5) is 8.78 Å². The van der Waals surface area contributed by atoms with E-state index in [9.17, 15) is 8.78 Å². The van der Waals surface area contributed by atoms with Crippen LogP contribution in [0.15, 0.2) is 47.4 Å². The van der Waals surface area contributed by atoms with Crippen LogP contribution in [0.3, 0.4) is 0 Å². The molecule has 0 saturated carbocycles. The highest BCUT2D eigenvalue weighted by atomic mass is 32.2. The van der Waals surface area contributed by atoms with Crippen LogP contribution in [0.2, 0.25) is 0 Å². The van der Waals surface area contributed by atoms with Crippen LogP contribution >= 0.6 is 11.8 Å². The van der Waals surface area contributed by atoms with Crippen molar-refractivity contribution in [3.8, 4) is 5.75 Å². The highest BCUT2D eigenvalue weighted by Crippen LogP contribution is 2.31. The summed E-state index contributed by atoms with van der Waals surface area (Å²) in [6.45, 7) is 2.04. The quantitative estimate of drug-likeness (QED) is 0.737. The highest BCUT2D eigenvalue weighted by Gasteiger charge is 2.14. The molecule has 0 bridgehead atoms. The second-order valence-electron chi connectivity index (χ2n) is 3.90. The van der Waals surface area contributed by atoms with Crippen LogP contribution in [0.25, 0.3) is 0 Å². The van der Waals surface area contributed by atoms with Gasteiger partial charge in [0, 0.05) is 10.6 Å². The number of thioether (sulfide) groups is 1. The molecule has 2 aromatic rings. The molecular formula is C15H14F2OS. The van der Waals surface area contributed by atoms with E-state index in [1.165, 1.54) is 17.8 Å². The Hall–Kier alpha value is -1.55. The Morgan fingerprint density at radius 2 is 1.74 bits per heavy atom. The molecule has 0 aliphatic rings. The van der Waals surface area contributed by atoms with Crippen LogP contribution in [0.1, 0.15) is 12.5 Å². The smallest absolute Gasteiger partial charge is 0.201 e. The van der Waals surface area contributed by atoms with Gasteiger partial charge in [0.05, 0.1) is 6.61 Å². The molecule has 0 N–H and O–H groups in total. The van der Waals surface area contributed by atoms with Gasteiger partial charge in [0.25, 0.3) is 0 Å². The SMILES string of the molecule is CCOc1ccc(SCc2ccccc2)c(F)c1F. The Morgan fingerprint density at radius 1 is 1.00 bits per heavy atom. The first kappa shape index (κ1) is 13.9. The maximum atomic E-state index is 13.8. The Balaban J connectivity index is 2.11. The molecule has 0 aliphatic heterocycles. The van der Waals surface area contributed by atoms with E-state index in [1.807, 2.05) is 30.3 Å². The number of hydrogen-bond donors (Lipinski definition) is 0. The molecule has 2 aromatic carbocycles. The fourth-order valence-electron chi connectivity index (χ4n) is 1.63. The van der Waals surface area contributed by atoms with E-state index in [4.69, 9.17) is 4.74 Å². The van der Waals surface area contributed by atoms with Crippen LogP contribution in [-0.2, 0) is 5.75 Å². The van der Waals surface area contributed by atoms with Gasteiger partial charge in [0.2, 0.25) is 5.82 Å². The second kappa shape index (κ2) is 6.57. The van der Waals surface area contributed by atoms with Gasteiger partial charge in [-0.25, -0.2) is 4.39 Å². The average molecular weight is 280 g/mol. The van der Waals surface area contributed by atoms with Crippen LogP contribution in [0.5, 0.6) is 5.75 Å². The van der Waals surface area contributed by atoms with Gasteiger partial charge >= 0.3 is 0 Å². The molecule has 0 fully saturated rings. The highest BCUT2D eigenvalue weighted by molar-refractivity contribution is 7.98. The predicted octanol–water partition coefficient (Wildman–Crippen LogP) is 4.66. The van der Waals surface area contributed by atoms with E-state index >= 15 is 0 Å². The standard InChI is InChI=1S/C15H14F2OS/c1-2-18-12-8-9-13(15(17)14(12)16)19-10-11-6-4-3-5-7-11/h3-9H,2,10H2,1H3. The molecule has 0 aromatic heterocycles. The van der Waals surface area contributed by atoms with Gasteiger partial charge in [0.15, 0.2) is 11.6 Å². The van der Waals surface area contributed by atoms with Crippen LogP contribution in [-0.4, -0.2) is 6.61 Å². The molecule has 0 saturated heterocycles. The first-order valence-corrected chi connectivity index (χ1v) is 6.98. The molecule has 1 nitrogen and oxygen atoms in total. The fourth-order valence-corrected chi connectivity index (χ4v) is 2.52. The third-order valence-corrected chi connectivity index (χ3v) is 3.65. The van der Waals surface area contributed by atoms with Crippen LogP contribution < -0.4 is 4.74 Å². The lowest BCUT2D eigenvalue weighted by atomic mass is 10.2. The normalized spacial score (nSPS) is 10.5. The number of benzene rings is 2. The summed E-state index contributed by atoms with van der Waals surface area (Å²) < 4.78 is 32.5. The van der Waals surface area contributed by atoms with Crippen molar-refractivity contribution in [2.75, 3.05) is 6.61 Å². The van der Waals surface area contributed by atoms with Gasteiger partial charge in [-0.2, -0.15) is 4.39 Å². The Labute approximate surface area is 115 Å². The lowest BCUT2D eigenvalue weighted by molar-refractivity contribution is 0.312. The van der Waals surface area contributed by atoms with Gasteiger partial charge < -0.3 is 4.74 Å². The molecule has 100 valence electrons. The second-order valence-corrected chi connectivity index (χ2v) is 4.91. The summed E-state index contributed by atoms with van der Waals surface area (Å²) in [6.07, 6.45) is 0. The molecule has 0 atom stereocenters. The minimum Gasteiger partial charge on any atom is -0.491 e. The summed E-state index contributed by atoms with van der Waals surface area (Å²) in [7, 11) is 0. The molecule has 0 amide bonds. The van der Waals surface area contributed by atoms with Crippen molar-refractivity contribution in [2.24, 2.45) is 0 Å². The Morgan fingerprint density at radius 3 is 2.42 bits per heavy atom. The molecule has 0 heterocycles. The van der Waals surface area contributed by atoms with Crippen LogP contribution in [0, 0.1) is 11.6 Å². The summed E-state index contributed by atoms with van der Waals surface area (Å²) >= 11 is 1.27. The lowest BCUT2D eigenvalue weighted by Crippen LogP contribution is -1.98. The fraction of sp³-hybridized carbons (Fsp3) is 0.200. The van der Waals surface area contributed by atoms with E-state index in [0.717, 1.165) is 5.56 Å². The molecule has 0 radical (unpaired) electrons. The zero-order valence-electron chi connectivity index (χ0n) is 10.5. The van der Waals surface area contributed by atoms with Gasteiger partial charge in [-0.1, -0.05) is 30.3 Å². The zero-order valence-corrected chi connectivity index (χ0v) is 11.3. The van der Waals surface area contributed by atoms with E-state index in [2.05, 4.69) is 0 Å². The van der Waals surface area contributed by atoms with Crippen molar-refractivity contribution in [3.63, 3.8) is 0 Å². The summed E-state index contributed by atoms with van der Waals surface area (Å²) in [6, 6.07) is 12.7. The topological polar surface area (TPSA) is 9.23 Å². The summed E-state index contributed by atoms with van der Waals surface area (Å²) in [4.78, 5) is 0.296. The molecule has 0 spiro atoms. The molecule has 2 rings (SSSR count). The summed E-state index contributed by atoms with van der Waals surface area (Å²) in [5, 5.41) is 0. The predicted molar refractivity (Wildman–Crippen MR) is 73.5 cm³/mol. The molecule has 0 unspecified atom stereocenters. The third kappa shape index (κ3) is 3.47. The van der Waals surface area contributed by atoms with Gasteiger partial charge in [-0.3, -0.25) is 0 Å². The Kier molecular flexibility index (Phi) is 4.80. The maximum absolute atomic E-state index is 13.8. The number of ether oxygens (including phenoxy) is 1. The van der Waals surface area contributed by atoms with Crippen molar-refractivity contribution in [2.45, 2.75) is 17.6 Å². The number of hydrogen-bond acceptors (Lipinski definition) is 2. The first-order valence-electron chi connectivity index (χ1n) is 6.00. The number of rotatable bonds is 5. The van der Waals surface area contributed by atoms with Gasteiger partial charge in [-0.15, -0.1) is 11.8 Å². The summed E-state index contributed by atoms with van der Waals surface area (Å²) in [5.74, 6) is -1.19. The largest absolute Gasteiger partial charge is 0.491 e. The number of halogens is 2.